The molecule has 2 heterocycles. The smallest absolute Gasteiger partial charge is 0.185 e. The van der Waals surface area contributed by atoms with Gasteiger partial charge in [0.2, 0.25) is 0 Å². The van der Waals surface area contributed by atoms with Gasteiger partial charge in [0.15, 0.2) is 5.78 Å². The molecule has 1 aromatic carbocycles. The molecule has 2 aromatic heterocycles. The Morgan fingerprint density at radius 2 is 1.85 bits per heavy atom. The van der Waals surface area contributed by atoms with Gasteiger partial charge in [0.1, 0.15) is 41.2 Å². The Hall–Kier alpha value is -3.34. The number of aromatic nitrogens is 2. The molecular weight excluding hydrogens is 511 g/mol. The lowest BCUT2D eigenvalue weighted by Gasteiger charge is -2.36. The second-order valence-electron chi connectivity index (χ2n) is 9.81. The second kappa shape index (κ2) is 12.7. The number of rotatable bonds is 10. The summed E-state index contributed by atoms with van der Waals surface area (Å²) in [5.74, 6) is -3.64. The highest BCUT2D eigenvalue weighted by molar-refractivity contribution is 5.96. The molecule has 1 saturated carbocycles. The number of nitrogens with two attached hydrogens (primary N) is 1. The number of carbonyl (C=O) groups excluding carboxylic acids is 1. The van der Waals surface area contributed by atoms with Gasteiger partial charge in [-0.05, 0) is 60.9 Å². The maximum absolute atomic E-state index is 14.9. The first-order chi connectivity index (χ1) is 18.7. The standard InChI is InChI=1S/C29H32F3N3O4/c1-3-38-8-9-39-19-13-22(31)27(23(32)14-19)28-21(30)4-5-25(35-28)26(36)12-18-15-34-7-6-20(18)17-10-16(2)29(37)24(33)11-17/h4-7,13-17,24,29,37H,3,8-12,33H2,1-2H3/t16-,17+,24+,29+/m0/s1. The molecule has 0 unspecified atom stereocenters. The summed E-state index contributed by atoms with van der Waals surface area (Å²) in [6.07, 6.45) is 3.78. The summed E-state index contributed by atoms with van der Waals surface area (Å²) in [6, 6.07) is 5.48. The summed E-state index contributed by atoms with van der Waals surface area (Å²) in [7, 11) is 0. The van der Waals surface area contributed by atoms with E-state index in [1.165, 1.54) is 6.07 Å². The number of aliphatic hydroxyl groups excluding tert-OH is 1. The van der Waals surface area contributed by atoms with Crippen molar-refractivity contribution in [3.63, 3.8) is 0 Å². The summed E-state index contributed by atoms with van der Waals surface area (Å²) in [6.45, 7) is 4.55. The zero-order chi connectivity index (χ0) is 28.1. The number of halogens is 3. The van der Waals surface area contributed by atoms with Gasteiger partial charge in [-0.1, -0.05) is 6.92 Å². The fourth-order valence-corrected chi connectivity index (χ4v) is 5.07. The van der Waals surface area contributed by atoms with Gasteiger partial charge >= 0.3 is 0 Å². The van der Waals surface area contributed by atoms with Crippen LogP contribution >= 0.6 is 0 Å². The van der Waals surface area contributed by atoms with Crippen molar-refractivity contribution in [3.05, 3.63) is 77.0 Å². The topological polar surface area (TPSA) is 108 Å². The number of nitrogens with zero attached hydrogens (tertiary/aromatic N) is 2. The van der Waals surface area contributed by atoms with E-state index in [0.717, 1.165) is 23.8 Å². The van der Waals surface area contributed by atoms with Crippen LogP contribution in [-0.2, 0) is 11.2 Å². The van der Waals surface area contributed by atoms with Crippen molar-refractivity contribution in [2.75, 3.05) is 19.8 Å². The normalized spacial score (nSPS) is 21.1. The molecule has 0 saturated heterocycles. The first-order valence-corrected chi connectivity index (χ1v) is 13.0. The number of benzene rings is 1. The lowest BCUT2D eigenvalue weighted by atomic mass is 9.74. The van der Waals surface area contributed by atoms with Crippen molar-refractivity contribution < 1.29 is 32.5 Å². The van der Waals surface area contributed by atoms with E-state index < -0.39 is 40.6 Å². The third-order valence-corrected chi connectivity index (χ3v) is 7.05. The zero-order valence-corrected chi connectivity index (χ0v) is 21.9. The van der Waals surface area contributed by atoms with Crippen molar-refractivity contribution in [2.24, 2.45) is 11.7 Å². The molecule has 0 spiro atoms. The van der Waals surface area contributed by atoms with Crippen LogP contribution in [0.15, 0.2) is 42.7 Å². The summed E-state index contributed by atoms with van der Waals surface area (Å²) < 4.78 is 54.9. The minimum atomic E-state index is -1.07. The van der Waals surface area contributed by atoms with Crippen molar-refractivity contribution in [2.45, 2.75) is 51.2 Å². The fraction of sp³-hybridized carbons (Fsp3) is 0.414. The Kier molecular flexibility index (Phi) is 9.32. The van der Waals surface area contributed by atoms with E-state index in [0.29, 0.717) is 25.0 Å². The fourth-order valence-electron chi connectivity index (χ4n) is 5.07. The SMILES string of the molecule is CCOCCOc1cc(F)c(-c2nc(C(=O)Cc3cnccc3[C@H]3C[C@@H](N)[C@H](O)[C@@H](C)C3)ccc2F)c(F)c1. The zero-order valence-electron chi connectivity index (χ0n) is 21.9. The molecule has 10 heteroatoms. The average molecular weight is 544 g/mol. The molecule has 3 aromatic rings. The Labute approximate surface area is 225 Å². The molecule has 0 radical (unpaired) electrons. The van der Waals surface area contributed by atoms with Gasteiger partial charge in [0.05, 0.1) is 18.3 Å². The molecule has 4 rings (SSSR count). The molecule has 4 atom stereocenters. The molecule has 0 aliphatic heterocycles. The predicted octanol–water partition coefficient (Wildman–Crippen LogP) is 4.60. The Bertz CT molecular complexity index is 1290. The van der Waals surface area contributed by atoms with E-state index in [2.05, 4.69) is 9.97 Å². The van der Waals surface area contributed by atoms with Crippen molar-refractivity contribution in [1.82, 2.24) is 9.97 Å². The van der Waals surface area contributed by atoms with Crippen LogP contribution in [0.4, 0.5) is 13.2 Å². The molecule has 1 aliphatic rings. The van der Waals surface area contributed by atoms with Gasteiger partial charge in [-0.25, -0.2) is 18.2 Å². The van der Waals surface area contributed by atoms with E-state index in [9.17, 15) is 23.1 Å². The van der Waals surface area contributed by atoms with Crippen molar-refractivity contribution in [3.8, 4) is 17.0 Å². The van der Waals surface area contributed by atoms with Gasteiger partial charge in [-0.15, -0.1) is 0 Å². The molecule has 1 fully saturated rings. The van der Waals surface area contributed by atoms with Gasteiger partial charge < -0.3 is 20.3 Å². The first-order valence-electron chi connectivity index (χ1n) is 13.0. The summed E-state index contributed by atoms with van der Waals surface area (Å²) in [4.78, 5) is 21.4. The lowest BCUT2D eigenvalue weighted by molar-refractivity contribution is 0.0519. The van der Waals surface area contributed by atoms with Crippen LogP contribution < -0.4 is 10.5 Å². The summed E-state index contributed by atoms with van der Waals surface area (Å²) in [5.41, 5.74) is 6.26. The average Bonchev–Trinajstić information content (AvgIpc) is 2.90. The molecule has 208 valence electrons. The van der Waals surface area contributed by atoms with Crippen molar-refractivity contribution in [1.29, 1.82) is 0 Å². The van der Waals surface area contributed by atoms with E-state index >= 15 is 0 Å². The van der Waals surface area contributed by atoms with Gasteiger partial charge in [-0.3, -0.25) is 9.78 Å². The molecule has 7 nitrogen and oxygen atoms in total. The monoisotopic (exact) mass is 543 g/mol. The molecule has 3 N–H and O–H groups in total. The Balaban J connectivity index is 1.57. The van der Waals surface area contributed by atoms with Crippen LogP contribution in [0, 0.1) is 23.4 Å². The highest BCUT2D eigenvalue weighted by Gasteiger charge is 2.34. The summed E-state index contributed by atoms with van der Waals surface area (Å²) in [5, 5.41) is 10.2. The van der Waals surface area contributed by atoms with E-state index in [-0.39, 0.29) is 49.0 Å². The number of aliphatic hydroxyl groups is 1. The maximum Gasteiger partial charge on any atom is 0.185 e. The van der Waals surface area contributed by atoms with Crippen LogP contribution in [0.3, 0.4) is 0 Å². The van der Waals surface area contributed by atoms with E-state index in [4.69, 9.17) is 15.2 Å². The molecule has 0 amide bonds. The predicted molar refractivity (Wildman–Crippen MR) is 139 cm³/mol. The first kappa shape index (κ1) is 28.7. The van der Waals surface area contributed by atoms with Crippen LogP contribution in [-0.4, -0.2) is 52.8 Å². The van der Waals surface area contributed by atoms with Gasteiger partial charge in [0, 0.05) is 43.6 Å². The summed E-state index contributed by atoms with van der Waals surface area (Å²) >= 11 is 0. The Morgan fingerprint density at radius 3 is 2.54 bits per heavy atom. The minimum absolute atomic E-state index is 0.0111. The van der Waals surface area contributed by atoms with Gasteiger partial charge in [-0.2, -0.15) is 0 Å². The third-order valence-electron chi connectivity index (χ3n) is 7.05. The number of carbonyl (C=O) groups is 1. The van der Waals surface area contributed by atoms with Crippen LogP contribution in [0.1, 0.15) is 54.2 Å². The molecule has 39 heavy (non-hydrogen) atoms. The van der Waals surface area contributed by atoms with Crippen LogP contribution in [0.2, 0.25) is 0 Å². The molecule has 0 bridgehead atoms. The van der Waals surface area contributed by atoms with Gasteiger partial charge in [0.25, 0.3) is 0 Å². The van der Waals surface area contributed by atoms with E-state index in [1.807, 2.05) is 19.9 Å². The Morgan fingerprint density at radius 1 is 1.10 bits per heavy atom. The maximum atomic E-state index is 14.9. The van der Waals surface area contributed by atoms with Crippen molar-refractivity contribution >= 4 is 5.78 Å². The third kappa shape index (κ3) is 6.63. The highest BCUT2D eigenvalue weighted by Crippen LogP contribution is 2.37. The highest BCUT2D eigenvalue weighted by atomic mass is 19.1. The quantitative estimate of drug-likeness (QED) is 0.284. The second-order valence-corrected chi connectivity index (χ2v) is 9.81. The number of ketones is 1. The minimum Gasteiger partial charge on any atom is -0.491 e. The number of pyridine rings is 2. The van der Waals surface area contributed by atoms with Crippen LogP contribution in [0.25, 0.3) is 11.3 Å². The molecular formula is C29H32F3N3O4. The molecule has 1 aliphatic carbocycles. The number of hydrogen-bond donors (Lipinski definition) is 2. The number of hydrogen-bond acceptors (Lipinski definition) is 7. The number of ether oxygens (including phenoxy) is 2. The lowest BCUT2D eigenvalue weighted by Crippen LogP contribution is -2.44. The van der Waals surface area contributed by atoms with Crippen LogP contribution in [0.5, 0.6) is 5.75 Å². The van der Waals surface area contributed by atoms with E-state index in [1.54, 1.807) is 12.4 Å². The largest absolute Gasteiger partial charge is 0.491 e. The number of Topliss-reactive ketones (excluding diaryl/α,β-unsaturated/α-hetero) is 1.